The largest absolute Gasteiger partial charge is 0.353 e. The van der Waals surface area contributed by atoms with Gasteiger partial charge >= 0.3 is 0 Å². The summed E-state index contributed by atoms with van der Waals surface area (Å²) in [6.45, 7) is 3.12. The van der Waals surface area contributed by atoms with E-state index in [1.807, 2.05) is 6.92 Å². The van der Waals surface area contributed by atoms with Crippen LogP contribution in [0.5, 0.6) is 0 Å². The molecule has 0 spiro atoms. The summed E-state index contributed by atoms with van der Waals surface area (Å²) in [5.41, 5.74) is 0.374. The first-order chi connectivity index (χ1) is 13.0. The van der Waals surface area contributed by atoms with Gasteiger partial charge in [-0.3, -0.25) is 4.79 Å². The molecule has 0 atom stereocenters. The Morgan fingerprint density at radius 1 is 1.19 bits per heavy atom. The van der Waals surface area contributed by atoms with E-state index in [-0.39, 0.29) is 17.2 Å². The molecule has 0 bridgehead atoms. The summed E-state index contributed by atoms with van der Waals surface area (Å²) in [7, 11) is -3.57. The van der Waals surface area contributed by atoms with Crippen molar-refractivity contribution in [2.24, 2.45) is 0 Å². The second-order valence-electron chi connectivity index (χ2n) is 6.48. The highest BCUT2D eigenvalue weighted by molar-refractivity contribution is 7.89. The molecule has 1 aromatic carbocycles. The topological polar surface area (TPSA) is 92.3 Å². The van der Waals surface area contributed by atoms with Crippen molar-refractivity contribution in [2.45, 2.75) is 43.9 Å². The minimum Gasteiger partial charge on any atom is -0.353 e. The zero-order valence-electron chi connectivity index (χ0n) is 15.3. The number of Topliss-reactive ketones (excluding diaryl/α,β-unsaturated/α-hetero) is 1. The van der Waals surface area contributed by atoms with Crippen molar-refractivity contribution in [3.63, 3.8) is 0 Å². The van der Waals surface area contributed by atoms with Gasteiger partial charge < -0.3 is 5.32 Å². The van der Waals surface area contributed by atoms with Crippen LogP contribution in [0.3, 0.4) is 0 Å². The summed E-state index contributed by atoms with van der Waals surface area (Å²) < 4.78 is 27.4. The van der Waals surface area contributed by atoms with E-state index in [2.05, 4.69) is 15.5 Å². The standard InChI is InChI=1S/C18H24N4O3S2/c1-2-17-20-21-18(26-17)19-13-16(23)14-8-7-9-15(12-14)27(24,25)22-10-5-3-4-6-11-22/h7-9,12H,2-6,10-11,13H2,1H3,(H,19,21). The Morgan fingerprint density at radius 2 is 1.93 bits per heavy atom. The quantitative estimate of drug-likeness (QED) is 0.708. The van der Waals surface area contributed by atoms with Gasteiger partial charge in [-0.15, -0.1) is 10.2 Å². The number of rotatable bonds is 7. The van der Waals surface area contributed by atoms with Crippen molar-refractivity contribution in [2.75, 3.05) is 25.0 Å². The number of carbonyl (C=O) groups excluding carboxylic acids is 1. The van der Waals surface area contributed by atoms with E-state index in [0.29, 0.717) is 23.8 Å². The van der Waals surface area contributed by atoms with Gasteiger partial charge in [0.05, 0.1) is 11.4 Å². The molecule has 0 unspecified atom stereocenters. The summed E-state index contributed by atoms with van der Waals surface area (Å²) in [6.07, 6.45) is 4.67. The van der Waals surface area contributed by atoms with Crippen molar-refractivity contribution >= 4 is 32.3 Å². The minimum absolute atomic E-state index is 0.0472. The number of aromatic nitrogens is 2. The van der Waals surface area contributed by atoms with Crippen LogP contribution in [0, 0.1) is 0 Å². The van der Waals surface area contributed by atoms with Crippen LogP contribution in [-0.4, -0.2) is 48.3 Å². The maximum Gasteiger partial charge on any atom is 0.243 e. The molecule has 27 heavy (non-hydrogen) atoms. The van der Waals surface area contributed by atoms with Crippen LogP contribution in [0.25, 0.3) is 0 Å². The summed E-state index contributed by atoms with van der Waals surface area (Å²) in [5.74, 6) is -0.184. The zero-order valence-corrected chi connectivity index (χ0v) is 17.0. The third-order valence-corrected chi connectivity index (χ3v) is 7.45. The van der Waals surface area contributed by atoms with Gasteiger partial charge in [0.15, 0.2) is 5.78 Å². The Bertz CT molecular complexity index is 888. The molecule has 0 saturated carbocycles. The van der Waals surface area contributed by atoms with Crippen LogP contribution in [0.2, 0.25) is 0 Å². The first-order valence-electron chi connectivity index (χ1n) is 9.20. The zero-order chi connectivity index (χ0) is 19.3. The van der Waals surface area contributed by atoms with Crippen LogP contribution in [-0.2, 0) is 16.4 Å². The highest BCUT2D eigenvalue weighted by atomic mass is 32.2. The van der Waals surface area contributed by atoms with Gasteiger partial charge in [0.1, 0.15) is 5.01 Å². The van der Waals surface area contributed by atoms with Crippen molar-refractivity contribution in [1.82, 2.24) is 14.5 Å². The Balaban J connectivity index is 1.71. The molecule has 2 heterocycles. The smallest absolute Gasteiger partial charge is 0.243 e. The molecule has 1 aromatic heterocycles. The number of carbonyl (C=O) groups is 1. The molecule has 2 aromatic rings. The normalized spacial score (nSPS) is 16.0. The lowest BCUT2D eigenvalue weighted by atomic mass is 10.1. The first-order valence-corrected chi connectivity index (χ1v) is 11.5. The number of hydrogen-bond acceptors (Lipinski definition) is 7. The number of sulfonamides is 1. The summed E-state index contributed by atoms with van der Waals surface area (Å²) in [6, 6.07) is 6.30. The summed E-state index contributed by atoms with van der Waals surface area (Å²) in [5, 5.41) is 12.4. The third-order valence-electron chi connectivity index (χ3n) is 4.53. The maximum atomic E-state index is 12.9. The van der Waals surface area contributed by atoms with E-state index in [1.54, 1.807) is 18.2 Å². The molecule has 9 heteroatoms. The lowest BCUT2D eigenvalue weighted by Gasteiger charge is -2.20. The monoisotopic (exact) mass is 408 g/mol. The van der Waals surface area contributed by atoms with Gasteiger partial charge in [0.2, 0.25) is 15.2 Å². The molecule has 1 N–H and O–H groups in total. The van der Waals surface area contributed by atoms with Crippen molar-refractivity contribution in [3.8, 4) is 0 Å². The van der Waals surface area contributed by atoms with E-state index in [1.165, 1.54) is 21.7 Å². The molecule has 0 amide bonds. The number of anilines is 1. The summed E-state index contributed by atoms with van der Waals surface area (Å²) in [4.78, 5) is 12.7. The van der Waals surface area contributed by atoms with Crippen LogP contribution in [0.4, 0.5) is 5.13 Å². The molecule has 1 aliphatic heterocycles. The Labute approximate surface area is 163 Å². The number of aryl methyl sites for hydroxylation is 1. The molecule has 7 nitrogen and oxygen atoms in total. The Morgan fingerprint density at radius 3 is 2.59 bits per heavy atom. The molecule has 1 saturated heterocycles. The summed E-state index contributed by atoms with van der Waals surface area (Å²) >= 11 is 1.41. The average Bonchev–Trinajstić information content (AvgIpc) is 2.96. The molecular weight excluding hydrogens is 384 g/mol. The van der Waals surface area contributed by atoms with Crippen LogP contribution in [0.1, 0.15) is 48.0 Å². The molecule has 146 valence electrons. The van der Waals surface area contributed by atoms with E-state index >= 15 is 0 Å². The van der Waals surface area contributed by atoms with Crippen molar-refractivity contribution in [3.05, 3.63) is 34.8 Å². The van der Waals surface area contributed by atoms with Gasteiger partial charge in [-0.2, -0.15) is 4.31 Å². The van der Waals surface area contributed by atoms with Crippen LogP contribution >= 0.6 is 11.3 Å². The Kier molecular flexibility index (Phi) is 6.56. The molecule has 0 radical (unpaired) electrons. The van der Waals surface area contributed by atoms with Gasteiger partial charge in [-0.25, -0.2) is 8.42 Å². The number of hydrogen-bond donors (Lipinski definition) is 1. The van der Waals surface area contributed by atoms with Gasteiger partial charge in [0, 0.05) is 18.7 Å². The number of ketones is 1. The van der Waals surface area contributed by atoms with Gasteiger partial charge in [-0.1, -0.05) is 43.2 Å². The number of nitrogens with zero attached hydrogens (tertiary/aromatic N) is 3. The lowest BCUT2D eigenvalue weighted by molar-refractivity contribution is 0.101. The molecule has 3 rings (SSSR count). The van der Waals surface area contributed by atoms with E-state index in [9.17, 15) is 13.2 Å². The predicted molar refractivity (Wildman–Crippen MR) is 106 cm³/mol. The highest BCUT2D eigenvalue weighted by Crippen LogP contribution is 2.21. The van der Waals surface area contributed by atoms with E-state index < -0.39 is 10.0 Å². The van der Waals surface area contributed by atoms with Gasteiger partial charge in [-0.05, 0) is 31.4 Å². The van der Waals surface area contributed by atoms with Crippen molar-refractivity contribution in [1.29, 1.82) is 0 Å². The fourth-order valence-electron chi connectivity index (χ4n) is 2.99. The predicted octanol–water partition coefficient (Wildman–Crippen LogP) is 2.96. The first kappa shape index (κ1) is 19.9. The molecule has 1 aliphatic rings. The second kappa shape index (κ2) is 8.90. The number of nitrogens with one attached hydrogen (secondary N) is 1. The lowest BCUT2D eigenvalue weighted by Crippen LogP contribution is -2.32. The molecule has 1 fully saturated rings. The van der Waals surface area contributed by atoms with E-state index in [0.717, 1.165) is 37.1 Å². The fraction of sp³-hybridized carbons (Fsp3) is 0.500. The van der Waals surface area contributed by atoms with Gasteiger partial charge in [0.25, 0.3) is 0 Å². The minimum atomic E-state index is -3.57. The Hall–Kier alpha value is -1.84. The molecule has 0 aliphatic carbocycles. The highest BCUT2D eigenvalue weighted by Gasteiger charge is 2.25. The molecular formula is C18H24N4O3S2. The maximum absolute atomic E-state index is 12.9. The van der Waals surface area contributed by atoms with Crippen LogP contribution < -0.4 is 5.32 Å². The van der Waals surface area contributed by atoms with E-state index in [4.69, 9.17) is 0 Å². The SMILES string of the molecule is CCc1nnc(NCC(=O)c2cccc(S(=O)(=O)N3CCCCCC3)c2)s1. The van der Waals surface area contributed by atoms with Crippen LogP contribution in [0.15, 0.2) is 29.2 Å². The second-order valence-corrected chi connectivity index (χ2v) is 9.48. The third kappa shape index (κ3) is 4.91. The average molecular weight is 409 g/mol. The number of benzene rings is 1. The fourth-order valence-corrected chi connectivity index (χ4v) is 5.23. The van der Waals surface area contributed by atoms with Crippen molar-refractivity contribution < 1.29 is 13.2 Å².